The Balaban J connectivity index is 1.46. The standard InChI is InChI=1S/C41H50O7/c1-6-7-8-9-32-10-12-35(13-11-32)40-19-18-36(20-28(40)2)33-14-16-34(17-15-33)37-21-38(46-26-45-31(5)29(3)24-42)23-39(22-37)47-27-48-41(44)30(4)25-43/h14-23,32,35,42-43H,3-13,24-27H2,1-2H3. The first-order valence-electron chi connectivity index (χ1n) is 16.9. The van der Waals surface area contributed by atoms with Crippen molar-refractivity contribution in [2.75, 3.05) is 26.8 Å². The second kappa shape index (κ2) is 18.3. The summed E-state index contributed by atoms with van der Waals surface area (Å²) in [6.45, 7) is 14.1. The summed E-state index contributed by atoms with van der Waals surface area (Å²) in [5.74, 6) is 1.88. The quantitative estimate of drug-likeness (QED) is 0.0353. The molecule has 0 radical (unpaired) electrons. The van der Waals surface area contributed by atoms with E-state index in [1.807, 2.05) is 12.1 Å². The molecule has 0 aromatic heterocycles. The number of benzene rings is 3. The van der Waals surface area contributed by atoms with Crippen LogP contribution >= 0.6 is 0 Å². The summed E-state index contributed by atoms with van der Waals surface area (Å²) in [5, 5.41) is 18.4. The van der Waals surface area contributed by atoms with Gasteiger partial charge in [-0.2, -0.15) is 0 Å². The fourth-order valence-corrected chi connectivity index (χ4v) is 6.20. The average molecular weight is 655 g/mol. The number of unbranched alkanes of at least 4 members (excludes halogenated alkanes) is 2. The highest BCUT2D eigenvalue weighted by Gasteiger charge is 2.23. The average Bonchev–Trinajstić information content (AvgIpc) is 3.11. The molecule has 1 aliphatic rings. The van der Waals surface area contributed by atoms with E-state index in [0.717, 1.165) is 22.6 Å². The maximum absolute atomic E-state index is 11.9. The molecule has 48 heavy (non-hydrogen) atoms. The van der Waals surface area contributed by atoms with Gasteiger partial charge in [-0.05, 0) is 90.0 Å². The third kappa shape index (κ3) is 10.3. The lowest BCUT2D eigenvalue weighted by molar-refractivity contribution is -0.145. The highest BCUT2D eigenvalue weighted by molar-refractivity contribution is 5.87. The summed E-state index contributed by atoms with van der Waals surface area (Å²) in [6, 6.07) is 20.5. The first-order valence-corrected chi connectivity index (χ1v) is 16.9. The lowest BCUT2D eigenvalue weighted by Crippen LogP contribution is -2.14. The lowest BCUT2D eigenvalue weighted by Gasteiger charge is -2.30. The molecule has 7 nitrogen and oxygen atoms in total. The number of esters is 1. The van der Waals surface area contributed by atoms with E-state index in [1.165, 1.54) is 68.1 Å². The Hall–Kier alpha value is -4.33. The predicted octanol–water partition coefficient (Wildman–Crippen LogP) is 9.03. The van der Waals surface area contributed by atoms with Gasteiger partial charge in [0.15, 0.2) is 0 Å². The summed E-state index contributed by atoms with van der Waals surface area (Å²) in [4.78, 5) is 11.9. The van der Waals surface area contributed by atoms with Gasteiger partial charge in [-0.3, -0.25) is 0 Å². The van der Waals surface area contributed by atoms with Crippen molar-refractivity contribution in [3.63, 3.8) is 0 Å². The summed E-state index contributed by atoms with van der Waals surface area (Å²) in [7, 11) is 0. The summed E-state index contributed by atoms with van der Waals surface area (Å²) in [5.41, 5.74) is 7.20. The molecule has 0 heterocycles. The van der Waals surface area contributed by atoms with Crippen LogP contribution in [0.15, 0.2) is 97.3 Å². The van der Waals surface area contributed by atoms with E-state index in [2.05, 4.69) is 76.0 Å². The monoisotopic (exact) mass is 654 g/mol. The van der Waals surface area contributed by atoms with Crippen LogP contribution in [-0.2, 0) is 14.3 Å². The number of aryl methyl sites for hydroxylation is 1. The molecule has 0 saturated heterocycles. The van der Waals surface area contributed by atoms with E-state index < -0.39 is 12.6 Å². The molecule has 7 heteroatoms. The van der Waals surface area contributed by atoms with Crippen LogP contribution in [0.5, 0.6) is 11.5 Å². The third-order valence-electron chi connectivity index (χ3n) is 9.14. The van der Waals surface area contributed by atoms with E-state index in [9.17, 15) is 9.90 Å². The number of aliphatic hydroxyl groups is 2. The van der Waals surface area contributed by atoms with Gasteiger partial charge in [0.05, 0.1) is 18.8 Å². The van der Waals surface area contributed by atoms with Gasteiger partial charge in [-0.15, -0.1) is 0 Å². The van der Waals surface area contributed by atoms with E-state index in [-0.39, 0.29) is 31.5 Å². The fraction of sp³-hybridized carbons (Fsp3) is 0.390. The molecule has 1 fully saturated rings. The van der Waals surface area contributed by atoms with Crippen LogP contribution in [0.2, 0.25) is 0 Å². The minimum absolute atomic E-state index is 0.0663. The highest BCUT2D eigenvalue weighted by Crippen LogP contribution is 2.40. The molecule has 0 amide bonds. The number of carbonyl (C=O) groups is 1. The Morgan fingerprint density at radius 2 is 1.31 bits per heavy atom. The van der Waals surface area contributed by atoms with Gasteiger partial charge in [-0.25, -0.2) is 4.79 Å². The van der Waals surface area contributed by atoms with E-state index in [4.69, 9.17) is 24.1 Å². The van der Waals surface area contributed by atoms with Crippen molar-refractivity contribution in [2.24, 2.45) is 5.92 Å². The maximum atomic E-state index is 11.9. The maximum Gasteiger partial charge on any atom is 0.338 e. The van der Waals surface area contributed by atoms with Crippen molar-refractivity contribution < 1.29 is 34.0 Å². The zero-order chi connectivity index (χ0) is 34.5. The van der Waals surface area contributed by atoms with E-state index >= 15 is 0 Å². The van der Waals surface area contributed by atoms with Crippen molar-refractivity contribution >= 4 is 5.97 Å². The van der Waals surface area contributed by atoms with Crippen molar-refractivity contribution in [1.29, 1.82) is 0 Å². The number of aliphatic hydroxyl groups excluding tert-OH is 2. The van der Waals surface area contributed by atoms with Crippen LogP contribution < -0.4 is 9.47 Å². The second-order valence-electron chi connectivity index (χ2n) is 12.6. The molecule has 0 unspecified atom stereocenters. The topological polar surface area (TPSA) is 94.5 Å². The Bertz CT molecular complexity index is 1500. The molecule has 1 aliphatic carbocycles. The molecule has 2 N–H and O–H groups in total. The smallest absolute Gasteiger partial charge is 0.338 e. The second-order valence-corrected chi connectivity index (χ2v) is 12.6. The molecule has 0 aliphatic heterocycles. The Kier molecular flexibility index (Phi) is 13.9. The SMILES string of the molecule is C=C(CO)C(=C)OCOc1cc(OCOC(=O)C(=C)CO)cc(-c2ccc(-c3ccc(C4CCC(CCCCC)CC4)c(C)c3)cc2)c1. The molecule has 3 aromatic carbocycles. The zero-order valence-corrected chi connectivity index (χ0v) is 28.5. The van der Waals surface area contributed by atoms with Gasteiger partial charge < -0.3 is 29.2 Å². The van der Waals surface area contributed by atoms with Crippen LogP contribution in [0.1, 0.15) is 75.3 Å². The number of hydrogen-bond acceptors (Lipinski definition) is 7. The summed E-state index contributed by atoms with van der Waals surface area (Å²) in [6.07, 6.45) is 10.7. The largest absolute Gasteiger partial charge is 0.458 e. The number of hydrogen-bond donors (Lipinski definition) is 2. The molecular formula is C41H50O7. The predicted molar refractivity (Wildman–Crippen MR) is 191 cm³/mol. The van der Waals surface area contributed by atoms with Crippen LogP contribution in [-0.4, -0.2) is 43.0 Å². The molecule has 0 bridgehead atoms. The van der Waals surface area contributed by atoms with E-state index in [1.54, 1.807) is 6.07 Å². The fourth-order valence-electron chi connectivity index (χ4n) is 6.20. The van der Waals surface area contributed by atoms with Crippen molar-refractivity contribution in [2.45, 2.75) is 71.1 Å². The summed E-state index contributed by atoms with van der Waals surface area (Å²) < 4.78 is 22.0. The molecular weight excluding hydrogens is 604 g/mol. The zero-order valence-electron chi connectivity index (χ0n) is 28.5. The third-order valence-corrected chi connectivity index (χ3v) is 9.14. The van der Waals surface area contributed by atoms with Crippen molar-refractivity contribution in [3.8, 4) is 33.8 Å². The van der Waals surface area contributed by atoms with Crippen molar-refractivity contribution in [1.82, 2.24) is 0 Å². The Labute approximate surface area is 285 Å². The first-order chi connectivity index (χ1) is 23.2. The van der Waals surface area contributed by atoms with Gasteiger partial charge in [-0.1, -0.05) is 94.8 Å². The van der Waals surface area contributed by atoms with E-state index in [0.29, 0.717) is 23.0 Å². The molecule has 0 spiro atoms. The number of carbonyl (C=O) groups excluding carboxylic acids is 1. The summed E-state index contributed by atoms with van der Waals surface area (Å²) >= 11 is 0. The Morgan fingerprint density at radius 1 is 0.729 bits per heavy atom. The number of ether oxygens (including phenoxy) is 4. The lowest BCUT2D eigenvalue weighted by atomic mass is 9.76. The van der Waals surface area contributed by atoms with Crippen LogP contribution in [0.4, 0.5) is 0 Å². The van der Waals surface area contributed by atoms with Crippen LogP contribution in [0.3, 0.4) is 0 Å². The minimum Gasteiger partial charge on any atom is -0.458 e. The van der Waals surface area contributed by atoms with Crippen LogP contribution in [0, 0.1) is 12.8 Å². The highest BCUT2D eigenvalue weighted by atomic mass is 16.7. The molecule has 1 saturated carbocycles. The normalized spacial score (nSPS) is 15.8. The first kappa shape index (κ1) is 36.5. The molecule has 4 rings (SSSR count). The van der Waals surface area contributed by atoms with Gasteiger partial charge >= 0.3 is 5.97 Å². The van der Waals surface area contributed by atoms with Crippen LogP contribution in [0.25, 0.3) is 22.3 Å². The number of rotatable bonds is 18. The molecule has 256 valence electrons. The Morgan fingerprint density at radius 3 is 1.90 bits per heavy atom. The molecule has 3 aromatic rings. The van der Waals surface area contributed by atoms with Gasteiger partial charge in [0.25, 0.3) is 0 Å². The molecule has 0 atom stereocenters. The minimum atomic E-state index is -0.745. The van der Waals surface area contributed by atoms with Gasteiger partial charge in [0, 0.05) is 11.6 Å². The van der Waals surface area contributed by atoms with Gasteiger partial charge in [0.1, 0.15) is 17.3 Å². The van der Waals surface area contributed by atoms with Crippen molar-refractivity contribution in [3.05, 3.63) is 108 Å². The van der Waals surface area contributed by atoms with Gasteiger partial charge in [0.2, 0.25) is 13.6 Å².